The molecule has 54 valence electrons. The lowest BCUT2D eigenvalue weighted by Gasteiger charge is -2.18. The Hall–Kier alpha value is -0.120. The Morgan fingerprint density at radius 3 is 2.67 bits per heavy atom. The predicted octanol–water partition coefficient (Wildman–Crippen LogP) is -0.437. The van der Waals surface area contributed by atoms with Crippen LogP contribution in [0.4, 0.5) is 0 Å². The second-order valence-electron chi connectivity index (χ2n) is 2.75. The van der Waals surface area contributed by atoms with Crippen molar-refractivity contribution in [1.82, 2.24) is 5.01 Å². The van der Waals surface area contributed by atoms with Crippen LogP contribution in [0.1, 0.15) is 13.3 Å². The Labute approximate surface area is 55.4 Å². The van der Waals surface area contributed by atoms with Crippen LogP contribution in [0.5, 0.6) is 0 Å². The molecule has 0 aromatic heterocycles. The maximum Gasteiger partial charge on any atom is 0.0603 e. The zero-order chi connectivity index (χ0) is 6.85. The minimum Gasteiger partial charge on any atom is -0.395 e. The van der Waals surface area contributed by atoms with E-state index in [1.165, 1.54) is 0 Å². The lowest BCUT2D eigenvalue weighted by molar-refractivity contribution is 0.141. The van der Waals surface area contributed by atoms with Crippen LogP contribution in [0, 0.1) is 5.92 Å². The number of rotatable bonds is 1. The van der Waals surface area contributed by atoms with Gasteiger partial charge < -0.3 is 5.11 Å². The minimum atomic E-state index is 0.192. The van der Waals surface area contributed by atoms with Crippen LogP contribution in [0.15, 0.2) is 0 Å². The van der Waals surface area contributed by atoms with Gasteiger partial charge >= 0.3 is 0 Å². The van der Waals surface area contributed by atoms with Gasteiger partial charge in [0.25, 0.3) is 0 Å². The maximum absolute atomic E-state index is 8.79. The van der Waals surface area contributed by atoms with Crippen LogP contribution < -0.4 is 5.84 Å². The summed E-state index contributed by atoms with van der Waals surface area (Å²) in [7, 11) is 0. The van der Waals surface area contributed by atoms with Gasteiger partial charge in [0, 0.05) is 12.6 Å². The molecule has 0 spiro atoms. The SMILES string of the molecule is CC1CCN(N)C1CO. The van der Waals surface area contributed by atoms with Gasteiger partial charge in [-0.2, -0.15) is 0 Å². The lowest BCUT2D eigenvalue weighted by atomic mass is 10.0. The number of aliphatic hydroxyl groups excluding tert-OH is 1. The van der Waals surface area contributed by atoms with Crippen molar-refractivity contribution in [3.8, 4) is 0 Å². The number of nitrogens with two attached hydrogens (primary N) is 1. The molecule has 3 heteroatoms. The average molecular weight is 130 g/mol. The molecule has 1 aliphatic heterocycles. The molecule has 0 amide bonds. The van der Waals surface area contributed by atoms with Gasteiger partial charge in [0.05, 0.1) is 6.61 Å². The second kappa shape index (κ2) is 2.64. The molecule has 9 heavy (non-hydrogen) atoms. The first-order valence-electron chi connectivity index (χ1n) is 3.38. The Balaban J connectivity index is 2.44. The summed E-state index contributed by atoms with van der Waals surface area (Å²) >= 11 is 0. The third-order valence-corrected chi connectivity index (χ3v) is 2.11. The first-order chi connectivity index (χ1) is 4.25. The van der Waals surface area contributed by atoms with Crippen molar-refractivity contribution >= 4 is 0 Å². The summed E-state index contributed by atoms with van der Waals surface area (Å²) in [5.41, 5.74) is 0. The summed E-state index contributed by atoms with van der Waals surface area (Å²) < 4.78 is 0. The Morgan fingerprint density at radius 1 is 1.78 bits per heavy atom. The summed E-state index contributed by atoms with van der Waals surface area (Å²) in [5.74, 6) is 6.11. The molecule has 0 radical (unpaired) electrons. The molecule has 0 aromatic carbocycles. The first-order valence-corrected chi connectivity index (χ1v) is 3.38. The van der Waals surface area contributed by atoms with Gasteiger partial charge in [-0.1, -0.05) is 6.92 Å². The molecule has 1 rings (SSSR count). The van der Waals surface area contributed by atoms with Gasteiger partial charge in [0.2, 0.25) is 0 Å². The molecule has 0 saturated carbocycles. The molecule has 0 aromatic rings. The highest BCUT2D eigenvalue weighted by molar-refractivity contribution is 4.80. The van der Waals surface area contributed by atoms with Gasteiger partial charge in [-0.3, -0.25) is 5.84 Å². The molecule has 2 unspecified atom stereocenters. The normalized spacial score (nSPS) is 37.7. The predicted molar refractivity (Wildman–Crippen MR) is 35.5 cm³/mol. The van der Waals surface area contributed by atoms with E-state index in [1.54, 1.807) is 5.01 Å². The van der Waals surface area contributed by atoms with Crippen molar-refractivity contribution in [1.29, 1.82) is 0 Å². The summed E-state index contributed by atoms with van der Waals surface area (Å²) in [6, 6.07) is 0.199. The highest BCUT2D eigenvalue weighted by Crippen LogP contribution is 2.19. The summed E-state index contributed by atoms with van der Waals surface area (Å²) in [4.78, 5) is 0. The van der Waals surface area contributed by atoms with Gasteiger partial charge in [-0.05, 0) is 12.3 Å². The van der Waals surface area contributed by atoms with Crippen LogP contribution in [0.2, 0.25) is 0 Å². The lowest BCUT2D eigenvalue weighted by Crippen LogP contribution is -2.40. The summed E-state index contributed by atoms with van der Waals surface area (Å²) in [6.45, 7) is 3.23. The van der Waals surface area contributed by atoms with Gasteiger partial charge in [-0.15, -0.1) is 0 Å². The summed E-state index contributed by atoms with van der Waals surface area (Å²) in [6.07, 6.45) is 1.11. The van der Waals surface area contributed by atoms with Gasteiger partial charge in [0.1, 0.15) is 0 Å². The average Bonchev–Trinajstić information content (AvgIpc) is 2.12. The quantitative estimate of drug-likeness (QED) is 0.473. The van der Waals surface area contributed by atoms with Crippen molar-refractivity contribution in [2.45, 2.75) is 19.4 Å². The first kappa shape index (κ1) is 6.99. The molecule has 1 fully saturated rings. The largest absolute Gasteiger partial charge is 0.395 e. The number of hydrazine groups is 1. The van der Waals surface area contributed by atoms with E-state index in [0.717, 1.165) is 13.0 Å². The van der Waals surface area contributed by atoms with Gasteiger partial charge in [0.15, 0.2) is 0 Å². The third-order valence-electron chi connectivity index (χ3n) is 2.11. The van der Waals surface area contributed by atoms with Gasteiger partial charge in [-0.25, -0.2) is 5.01 Å². The molecular weight excluding hydrogens is 116 g/mol. The van der Waals surface area contributed by atoms with E-state index < -0.39 is 0 Å². The number of hydrogen-bond acceptors (Lipinski definition) is 3. The van der Waals surface area contributed by atoms with E-state index >= 15 is 0 Å². The fraction of sp³-hybridized carbons (Fsp3) is 1.00. The Bertz CT molecular complexity index is 87.1. The molecule has 1 heterocycles. The fourth-order valence-corrected chi connectivity index (χ4v) is 1.32. The maximum atomic E-state index is 8.79. The van der Waals surface area contributed by atoms with E-state index in [1.807, 2.05) is 0 Å². The van der Waals surface area contributed by atoms with E-state index in [2.05, 4.69) is 6.92 Å². The highest BCUT2D eigenvalue weighted by Gasteiger charge is 2.27. The van der Waals surface area contributed by atoms with Crippen molar-refractivity contribution in [3.05, 3.63) is 0 Å². The zero-order valence-corrected chi connectivity index (χ0v) is 5.75. The van der Waals surface area contributed by atoms with Crippen LogP contribution in [0.25, 0.3) is 0 Å². The Kier molecular flexibility index (Phi) is 2.05. The van der Waals surface area contributed by atoms with Crippen molar-refractivity contribution in [2.24, 2.45) is 11.8 Å². The van der Waals surface area contributed by atoms with E-state index in [9.17, 15) is 0 Å². The van der Waals surface area contributed by atoms with Crippen LogP contribution in [-0.4, -0.2) is 29.3 Å². The molecule has 2 atom stereocenters. The van der Waals surface area contributed by atoms with E-state index in [0.29, 0.717) is 5.92 Å². The van der Waals surface area contributed by atoms with Crippen molar-refractivity contribution in [2.75, 3.05) is 13.2 Å². The van der Waals surface area contributed by atoms with Crippen LogP contribution in [0.3, 0.4) is 0 Å². The fourth-order valence-electron chi connectivity index (χ4n) is 1.32. The minimum absolute atomic E-state index is 0.192. The molecular formula is C6H14N2O. The standard InChI is InChI=1S/C6H14N2O/c1-5-2-3-8(7)6(5)4-9/h5-6,9H,2-4,7H2,1H3. The highest BCUT2D eigenvalue weighted by atomic mass is 16.3. The molecule has 0 bridgehead atoms. The van der Waals surface area contributed by atoms with Crippen LogP contribution in [-0.2, 0) is 0 Å². The molecule has 1 saturated heterocycles. The topological polar surface area (TPSA) is 49.5 Å². The molecule has 0 aliphatic carbocycles. The monoisotopic (exact) mass is 130 g/mol. The number of nitrogens with zero attached hydrogens (tertiary/aromatic N) is 1. The van der Waals surface area contributed by atoms with Crippen molar-refractivity contribution < 1.29 is 5.11 Å². The zero-order valence-electron chi connectivity index (χ0n) is 5.75. The molecule has 3 nitrogen and oxygen atoms in total. The van der Waals surface area contributed by atoms with E-state index in [4.69, 9.17) is 10.9 Å². The molecule has 1 aliphatic rings. The smallest absolute Gasteiger partial charge is 0.0603 e. The summed E-state index contributed by atoms with van der Waals surface area (Å²) in [5, 5.41) is 10.5. The van der Waals surface area contributed by atoms with Crippen molar-refractivity contribution in [3.63, 3.8) is 0 Å². The Morgan fingerprint density at radius 2 is 2.44 bits per heavy atom. The number of aliphatic hydroxyl groups is 1. The molecule has 3 N–H and O–H groups in total. The third kappa shape index (κ3) is 1.23. The number of hydrogen-bond donors (Lipinski definition) is 2. The second-order valence-corrected chi connectivity index (χ2v) is 2.75. The van der Waals surface area contributed by atoms with E-state index in [-0.39, 0.29) is 12.6 Å². The van der Waals surface area contributed by atoms with Crippen LogP contribution >= 0.6 is 0 Å².